The number of amides is 1. The molecule has 9 heteroatoms. The standard InChI is InChI=1S/C28H23N3O6/c1-37-21-10-11-23-22(15-21)19(16-29-23)12-13-30-25(17-6-3-2-4-7-17)24(27(33)28(30)34)26(32)18-8-5-9-20(14-18)31(35)36/h2-11,14-16,25,29,32H,12-13H2,1H3/t25-/m1/s1. The largest absolute Gasteiger partial charge is 0.507 e. The number of methoxy groups -OCH3 is 1. The second-order valence-electron chi connectivity index (χ2n) is 8.69. The molecule has 2 heterocycles. The molecule has 4 aromatic rings. The first-order valence-corrected chi connectivity index (χ1v) is 11.6. The highest BCUT2D eigenvalue weighted by Crippen LogP contribution is 2.40. The monoisotopic (exact) mass is 497 g/mol. The van der Waals surface area contributed by atoms with Gasteiger partial charge >= 0.3 is 0 Å². The second-order valence-corrected chi connectivity index (χ2v) is 8.69. The van der Waals surface area contributed by atoms with Crippen LogP contribution in [0, 0.1) is 10.1 Å². The summed E-state index contributed by atoms with van der Waals surface area (Å²) < 4.78 is 5.34. The molecule has 1 aromatic heterocycles. The van der Waals surface area contributed by atoms with Crippen molar-refractivity contribution in [1.29, 1.82) is 0 Å². The number of carbonyl (C=O) groups is 2. The Morgan fingerprint density at radius 1 is 1.08 bits per heavy atom. The summed E-state index contributed by atoms with van der Waals surface area (Å²) >= 11 is 0. The third-order valence-corrected chi connectivity index (χ3v) is 6.58. The van der Waals surface area contributed by atoms with E-state index in [4.69, 9.17) is 4.74 Å². The van der Waals surface area contributed by atoms with E-state index in [0.717, 1.165) is 16.5 Å². The molecule has 186 valence electrons. The van der Waals surface area contributed by atoms with Crippen molar-refractivity contribution in [2.75, 3.05) is 13.7 Å². The van der Waals surface area contributed by atoms with Crippen molar-refractivity contribution < 1.29 is 24.4 Å². The Kier molecular flexibility index (Phi) is 6.19. The first kappa shape index (κ1) is 23.8. The van der Waals surface area contributed by atoms with Crippen LogP contribution in [0.3, 0.4) is 0 Å². The number of likely N-dealkylation sites (tertiary alicyclic amines) is 1. The lowest BCUT2D eigenvalue weighted by atomic mass is 9.95. The number of non-ortho nitro benzene ring substituents is 1. The molecule has 0 unspecified atom stereocenters. The molecule has 0 radical (unpaired) electrons. The van der Waals surface area contributed by atoms with E-state index in [-0.39, 0.29) is 23.4 Å². The molecule has 1 amide bonds. The number of rotatable bonds is 7. The van der Waals surface area contributed by atoms with Crippen LogP contribution in [0.4, 0.5) is 5.69 Å². The number of aliphatic hydroxyl groups excluding tert-OH is 1. The van der Waals surface area contributed by atoms with Gasteiger partial charge in [-0.2, -0.15) is 0 Å². The average molecular weight is 498 g/mol. The van der Waals surface area contributed by atoms with E-state index in [1.165, 1.54) is 29.2 Å². The molecule has 1 atom stereocenters. The number of nitrogens with zero attached hydrogens (tertiary/aromatic N) is 2. The lowest BCUT2D eigenvalue weighted by Crippen LogP contribution is -2.31. The number of ketones is 1. The summed E-state index contributed by atoms with van der Waals surface area (Å²) in [6.45, 7) is 0.208. The van der Waals surface area contributed by atoms with E-state index >= 15 is 0 Å². The molecule has 37 heavy (non-hydrogen) atoms. The number of nitro groups is 1. The first-order valence-electron chi connectivity index (χ1n) is 11.6. The van der Waals surface area contributed by atoms with Crippen LogP contribution in [0.2, 0.25) is 0 Å². The Labute approximate surface area is 211 Å². The fourth-order valence-electron chi connectivity index (χ4n) is 4.75. The molecule has 0 saturated carbocycles. The maximum atomic E-state index is 13.2. The van der Waals surface area contributed by atoms with Crippen LogP contribution >= 0.6 is 0 Å². The highest BCUT2D eigenvalue weighted by molar-refractivity contribution is 6.46. The number of ether oxygens (including phenoxy) is 1. The number of hydrogen-bond donors (Lipinski definition) is 2. The summed E-state index contributed by atoms with van der Waals surface area (Å²) in [6, 6.07) is 19.1. The zero-order valence-electron chi connectivity index (χ0n) is 19.9. The Hall–Kier alpha value is -4.92. The van der Waals surface area contributed by atoms with Crippen molar-refractivity contribution in [3.63, 3.8) is 0 Å². The normalized spacial score (nSPS) is 16.9. The molecule has 9 nitrogen and oxygen atoms in total. The van der Waals surface area contributed by atoms with E-state index in [1.54, 1.807) is 31.4 Å². The smallest absolute Gasteiger partial charge is 0.295 e. The Morgan fingerprint density at radius 2 is 1.86 bits per heavy atom. The molecule has 1 aliphatic heterocycles. The highest BCUT2D eigenvalue weighted by atomic mass is 16.6. The van der Waals surface area contributed by atoms with E-state index in [0.29, 0.717) is 17.7 Å². The van der Waals surface area contributed by atoms with Crippen LogP contribution < -0.4 is 4.74 Å². The number of fused-ring (bicyclic) bond motifs is 1. The van der Waals surface area contributed by atoms with E-state index < -0.39 is 28.4 Å². The molecule has 2 N–H and O–H groups in total. The molecule has 0 bridgehead atoms. The molecule has 0 spiro atoms. The number of aliphatic hydroxyl groups is 1. The second kappa shape index (κ2) is 9.62. The maximum Gasteiger partial charge on any atom is 0.295 e. The number of nitro benzene ring substituents is 1. The van der Waals surface area contributed by atoms with Crippen LogP contribution in [-0.4, -0.2) is 45.3 Å². The van der Waals surface area contributed by atoms with Gasteiger partial charge in [0.25, 0.3) is 17.4 Å². The van der Waals surface area contributed by atoms with Crippen LogP contribution in [0.15, 0.2) is 84.6 Å². The third kappa shape index (κ3) is 4.31. The van der Waals surface area contributed by atoms with Crippen molar-refractivity contribution >= 4 is 34.0 Å². The van der Waals surface area contributed by atoms with Crippen molar-refractivity contribution in [2.45, 2.75) is 12.5 Å². The Bertz CT molecular complexity index is 1560. The molecule has 1 fully saturated rings. The van der Waals surface area contributed by atoms with Gasteiger partial charge in [0.1, 0.15) is 11.5 Å². The summed E-state index contributed by atoms with van der Waals surface area (Å²) in [5.41, 5.74) is 2.28. The van der Waals surface area contributed by atoms with Gasteiger partial charge in [-0.25, -0.2) is 0 Å². The number of hydrogen-bond acceptors (Lipinski definition) is 6. The zero-order chi connectivity index (χ0) is 26.1. The minimum Gasteiger partial charge on any atom is -0.507 e. The van der Waals surface area contributed by atoms with Gasteiger partial charge in [-0.05, 0) is 35.7 Å². The number of carbonyl (C=O) groups excluding carboxylic acids is 2. The summed E-state index contributed by atoms with van der Waals surface area (Å²) in [5.74, 6) is -1.32. The molecule has 1 aliphatic rings. The van der Waals surface area contributed by atoms with Crippen LogP contribution in [0.5, 0.6) is 5.75 Å². The van der Waals surface area contributed by atoms with Gasteiger partial charge in [0.05, 0.1) is 23.6 Å². The summed E-state index contributed by atoms with van der Waals surface area (Å²) in [5, 5.41) is 23.4. The molecular formula is C28H23N3O6. The Balaban J connectivity index is 1.55. The molecule has 3 aromatic carbocycles. The number of nitrogens with one attached hydrogen (secondary N) is 1. The fraction of sp³-hybridized carbons (Fsp3) is 0.143. The van der Waals surface area contributed by atoms with Crippen molar-refractivity contribution in [3.8, 4) is 5.75 Å². The van der Waals surface area contributed by atoms with Crippen molar-refractivity contribution in [2.24, 2.45) is 0 Å². The molecule has 5 rings (SSSR count). The summed E-state index contributed by atoms with van der Waals surface area (Å²) in [4.78, 5) is 41.8. The quantitative estimate of drug-likeness (QED) is 0.125. The van der Waals surface area contributed by atoms with Gasteiger partial charge in [0.15, 0.2) is 0 Å². The number of benzene rings is 3. The van der Waals surface area contributed by atoms with E-state index in [1.807, 2.05) is 30.5 Å². The SMILES string of the molecule is COc1ccc2[nH]cc(CCN3C(=O)C(=O)C(=C(O)c4cccc([N+](=O)[O-])c4)[C@H]3c3ccccc3)c2c1. The van der Waals surface area contributed by atoms with Crippen LogP contribution in [0.25, 0.3) is 16.7 Å². The third-order valence-electron chi connectivity index (χ3n) is 6.58. The number of aromatic nitrogens is 1. The predicted octanol–water partition coefficient (Wildman–Crippen LogP) is 4.75. The first-order chi connectivity index (χ1) is 17.9. The van der Waals surface area contributed by atoms with Gasteiger partial charge in [0, 0.05) is 41.3 Å². The van der Waals surface area contributed by atoms with Gasteiger partial charge in [-0.3, -0.25) is 19.7 Å². The number of H-pyrrole nitrogens is 1. The van der Waals surface area contributed by atoms with Gasteiger partial charge in [0.2, 0.25) is 0 Å². The Morgan fingerprint density at radius 3 is 2.59 bits per heavy atom. The summed E-state index contributed by atoms with van der Waals surface area (Å²) in [6.07, 6.45) is 2.31. The average Bonchev–Trinajstić information content (AvgIpc) is 3.44. The molecule has 0 aliphatic carbocycles. The zero-order valence-corrected chi connectivity index (χ0v) is 19.9. The minimum atomic E-state index is -0.847. The fourth-order valence-corrected chi connectivity index (χ4v) is 4.75. The van der Waals surface area contributed by atoms with Crippen LogP contribution in [0.1, 0.15) is 22.7 Å². The van der Waals surface area contributed by atoms with Gasteiger partial charge in [-0.1, -0.05) is 42.5 Å². The van der Waals surface area contributed by atoms with Crippen molar-refractivity contribution in [1.82, 2.24) is 9.88 Å². The molecule has 1 saturated heterocycles. The molecular weight excluding hydrogens is 474 g/mol. The minimum absolute atomic E-state index is 0.0943. The predicted molar refractivity (Wildman–Crippen MR) is 137 cm³/mol. The highest BCUT2D eigenvalue weighted by Gasteiger charge is 2.45. The van der Waals surface area contributed by atoms with E-state index in [2.05, 4.69) is 4.98 Å². The van der Waals surface area contributed by atoms with Crippen LogP contribution in [-0.2, 0) is 16.0 Å². The number of Topliss-reactive ketones (excluding diaryl/α,β-unsaturated/α-hetero) is 1. The lowest BCUT2D eigenvalue weighted by molar-refractivity contribution is -0.384. The summed E-state index contributed by atoms with van der Waals surface area (Å²) in [7, 11) is 1.59. The maximum absolute atomic E-state index is 13.2. The topological polar surface area (TPSA) is 126 Å². The number of aromatic amines is 1. The van der Waals surface area contributed by atoms with E-state index in [9.17, 15) is 24.8 Å². The lowest BCUT2D eigenvalue weighted by Gasteiger charge is -2.25. The van der Waals surface area contributed by atoms with Crippen molar-refractivity contribution in [3.05, 3.63) is 111 Å². The van der Waals surface area contributed by atoms with Gasteiger partial charge in [-0.15, -0.1) is 0 Å². The van der Waals surface area contributed by atoms with Gasteiger partial charge < -0.3 is 19.7 Å².